The Bertz CT molecular complexity index is 457. The highest BCUT2D eigenvalue weighted by Gasteiger charge is 2.27. The van der Waals surface area contributed by atoms with Crippen molar-refractivity contribution in [3.63, 3.8) is 0 Å². The lowest BCUT2D eigenvalue weighted by Crippen LogP contribution is -2.40. The highest BCUT2D eigenvalue weighted by atomic mass is 79.9. The lowest BCUT2D eigenvalue weighted by molar-refractivity contribution is 0.0695. The normalized spacial score (nSPS) is 15.7. The monoisotopic (exact) mass is 343 g/mol. The molecule has 4 heteroatoms. The van der Waals surface area contributed by atoms with E-state index in [-0.39, 0.29) is 5.91 Å². The molecular weight excluding hydrogens is 326 g/mol. The fourth-order valence-electron chi connectivity index (χ4n) is 2.65. The van der Waals surface area contributed by atoms with E-state index in [4.69, 9.17) is 11.6 Å². The number of halogens is 2. The summed E-state index contributed by atoms with van der Waals surface area (Å²) in [4.78, 5) is 14.6. The molecule has 0 atom stereocenters. The summed E-state index contributed by atoms with van der Waals surface area (Å²) in [5.74, 6) is 0.600. The van der Waals surface area contributed by atoms with E-state index in [1.807, 2.05) is 30.0 Å². The van der Waals surface area contributed by atoms with Crippen molar-refractivity contribution in [2.45, 2.75) is 38.6 Å². The van der Waals surface area contributed by atoms with Gasteiger partial charge in [0.15, 0.2) is 0 Å². The minimum absolute atomic E-state index is 0.105. The third-order valence-electron chi connectivity index (χ3n) is 3.77. The van der Waals surface area contributed by atoms with Crippen molar-refractivity contribution in [1.82, 2.24) is 4.90 Å². The highest BCUT2D eigenvalue weighted by molar-refractivity contribution is 9.10. The van der Waals surface area contributed by atoms with Crippen molar-refractivity contribution in [2.24, 2.45) is 0 Å². The predicted octanol–water partition coefficient (Wildman–Crippen LogP) is 4.38. The molecule has 0 saturated heterocycles. The first-order valence-corrected chi connectivity index (χ1v) is 8.09. The fraction of sp³-hybridized carbons (Fsp3) is 0.533. The molecule has 0 aromatic heterocycles. The molecule has 104 valence electrons. The number of benzene rings is 1. The van der Waals surface area contributed by atoms with Crippen molar-refractivity contribution in [3.05, 3.63) is 33.8 Å². The van der Waals surface area contributed by atoms with Crippen LogP contribution < -0.4 is 0 Å². The number of aryl methyl sites for hydroxylation is 1. The number of nitrogens with zero attached hydrogens (tertiary/aromatic N) is 1. The Morgan fingerprint density at radius 3 is 2.68 bits per heavy atom. The maximum atomic E-state index is 12.6. The van der Waals surface area contributed by atoms with Gasteiger partial charge in [0.05, 0.1) is 0 Å². The molecule has 0 bridgehead atoms. The van der Waals surface area contributed by atoms with Gasteiger partial charge < -0.3 is 4.90 Å². The second-order valence-electron chi connectivity index (χ2n) is 5.09. The molecule has 1 aliphatic carbocycles. The zero-order chi connectivity index (χ0) is 13.8. The molecule has 0 heterocycles. The summed E-state index contributed by atoms with van der Waals surface area (Å²) in [5.41, 5.74) is 1.89. The zero-order valence-electron chi connectivity index (χ0n) is 11.2. The molecular formula is C15H19BrClNO. The van der Waals surface area contributed by atoms with Crippen LogP contribution in [0.4, 0.5) is 0 Å². The molecule has 0 unspecified atom stereocenters. The standard InChI is InChI=1S/C15H19BrClNO/c1-11-6-7-12(10-14(11)16)15(19)18(9-8-17)13-4-2-3-5-13/h6-7,10,13H,2-5,8-9H2,1H3. The number of hydrogen-bond donors (Lipinski definition) is 0. The summed E-state index contributed by atoms with van der Waals surface area (Å²) in [6, 6.07) is 6.16. The average molecular weight is 345 g/mol. The Morgan fingerprint density at radius 2 is 2.11 bits per heavy atom. The van der Waals surface area contributed by atoms with Crippen LogP contribution in [0, 0.1) is 6.92 Å². The van der Waals surface area contributed by atoms with Crippen LogP contribution in [0.15, 0.2) is 22.7 Å². The Hall–Kier alpha value is -0.540. The third kappa shape index (κ3) is 3.51. The first-order valence-electron chi connectivity index (χ1n) is 6.76. The molecule has 0 N–H and O–H groups in total. The molecule has 1 fully saturated rings. The Kier molecular flexibility index (Phi) is 5.28. The summed E-state index contributed by atoms with van der Waals surface area (Å²) in [7, 11) is 0. The van der Waals surface area contributed by atoms with Crippen molar-refractivity contribution >= 4 is 33.4 Å². The number of alkyl halides is 1. The lowest BCUT2D eigenvalue weighted by Gasteiger charge is -2.28. The van der Waals surface area contributed by atoms with E-state index in [0.29, 0.717) is 18.5 Å². The molecule has 1 saturated carbocycles. The van der Waals surface area contributed by atoms with E-state index in [9.17, 15) is 4.79 Å². The summed E-state index contributed by atoms with van der Waals surface area (Å²) in [5, 5.41) is 0. The maximum absolute atomic E-state index is 12.6. The predicted molar refractivity (Wildman–Crippen MR) is 82.9 cm³/mol. The van der Waals surface area contributed by atoms with Gasteiger partial charge in [0.25, 0.3) is 5.91 Å². The van der Waals surface area contributed by atoms with Crippen LogP contribution in [0.1, 0.15) is 41.6 Å². The topological polar surface area (TPSA) is 20.3 Å². The average Bonchev–Trinajstić information content (AvgIpc) is 2.92. The van der Waals surface area contributed by atoms with Gasteiger partial charge in [-0.2, -0.15) is 0 Å². The first-order chi connectivity index (χ1) is 9.13. The van der Waals surface area contributed by atoms with Gasteiger partial charge in [0.1, 0.15) is 0 Å². The summed E-state index contributed by atoms with van der Waals surface area (Å²) in [6.45, 7) is 2.66. The van der Waals surface area contributed by atoms with Crippen LogP contribution in [0.3, 0.4) is 0 Å². The minimum atomic E-state index is 0.105. The third-order valence-corrected chi connectivity index (χ3v) is 4.79. The van der Waals surface area contributed by atoms with Crippen molar-refractivity contribution in [2.75, 3.05) is 12.4 Å². The largest absolute Gasteiger partial charge is 0.334 e. The van der Waals surface area contributed by atoms with Crippen molar-refractivity contribution < 1.29 is 4.79 Å². The van der Waals surface area contributed by atoms with Crippen LogP contribution in [0.2, 0.25) is 0 Å². The van der Waals surface area contributed by atoms with E-state index in [0.717, 1.165) is 28.4 Å². The van der Waals surface area contributed by atoms with Gasteiger partial charge in [0, 0.05) is 28.5 Å². The van der Waals surface area contributed by atoms with E-state index in [1.54, 1.807) is 0 Å². The number of rotatable bonds is 4. The van der Waals surface area contributed by atoms with Gasteiger partial charge in [-0.3, -0.25) is 4.79 Å². The Balaban J connectivity index is 2.20. The molecule has 19 heavy (non-hydrogen) atoms. The summed E-state index contributed by atoms with van der Waals surface area (Å²) in [6.07, 6.45) is 4.65. The maximum Gasteiger partial charge on any atom is 0.254 e. The number of hydrogen-bond acceptors (Lipinski definition) is 1. The summed E-state index contributed by atoms with van der Waals surface area (Å²) >= 11 is 9.35. The quantitative estimate of drug-likeness (QED) is 0.742. The van der Waals surface area contributed by atoms with E-state index >= 15 is 0 Å². The van der Waals surface area contributed by atoms with Gasteiger partial charge in [-0.05, 0) is 37.5 Å². The van der Waals surface area contributed by atoms with Gasteiger partial charge >= 0.3 is 0 Å². The molecule has 0 spiro atoms. The van der Waals surface area contributed by atoms with E-state index < -0.39 is 0 Å². The minimum Gasteiger partial charge on any atom is -0.334 e. The van der Waals surface area contributed by atoms with Crippen LogP contribution >= 0.6 is 27.5 Å². The Labute approximate surface area is 128 Å². The van der Waals surface area contributed by atoms with E-state index in [2.05, 4.69) is 15.9 Å². The fourth-order valence-corrected chi connectivity index (χ4v) is 3.21. The zero-order valence-corrected chi connectivity index (χ0v) is 13.5. The van der Waals surface area contributed by atoms with Crippen LogP contribution in [-0.4, -0.2) is 29.3 Å². The SMILES string of the molecule is Cc1ccc(C(=O)N(CCCl)C2CCCC2)cc1Br. The second-order valence-corrected chi connectivity index (χ2v) is 6.32. The smallest absolute Gasteiger partial charge is 0.254 e. The first kappa shape index (κ1) is 14.9. The Morgan fingerprint density at radius 1 is 1.42 bits per heavy atom. The van der Waals surface area contributed by atoms with Crippen molar-refractivity contribution in [3.8, 4) is 0 Å². The lowest BCUT2D eigenvalue weighted by atomic mass is 10.1. The van der Waals surface area contributed by atoms with E-state index in [1.165, 1.54) is 12.8 Å². The molecule has 1 amide bonds. The number of carbonyl (C=O) groups is 1. The molecule has 0 radical (unpaired) electrons. The number of carbonyl (C=O) groups excluding carboxylic acids is 1. The van der Waals surface area contributed by atoms with Gasteiger partial charge in [0.2, 0.25) is 0 Å². The van der Waals surface area contributed by atoms with Gasteiger partial charge in [-0.15, -0.1) is 11.6 Å². The molecule has 2 rings (SSSR count). The molecule has 0 aliphatic heterocycles. The summed E-state index contributed by atoms with van der Waals surface area (Å²) < 4.78 is 0.982. The molecule has 1 aromatic carbocycles. The molecule has 1 aliphatic rings. The highest BCUT2D eigenvalue weighted by Crippen LogP contribution is 2.26. The van der Waals surface area contributed by atoms with Crippen LogP contribution in [-0.2, 0) is 0 Å². The molecule has 1 aromatic rings. The van der Waals surface area contributed by atoms with Crippen molar-refractivity contribution in [1.29, 1.82) is 0 Å². The van der Waals surface area contributed by atoms with Gasteiger partial charge in [-0.25, -0.2) is 0 Å². The second kappa shape index (κ2) is 6.76. The van der Waals surface area contributed by atoms with Gasteiger partial charge in [-0.1, -0.05) is 34.8 Å². The van der Waals surface area contributed by atoms with Crippen LogP contribution in [0.25, 0.3) is 0 Å². The number of amides is 1. The molecule has 2 nitrogen and oxygen atoms in total. The van der Waals surface area contributed by atoms with Crippen LogP contribution in [0.5, 0.6) is 0 Å².